The number of hydrogen-bond donors (Lipinski definition) is 1. The highest BCUT2D eigenvalue weighted by Gasteiger charge is 2.33. The van der Waals surface area contributed by atoms with Crippen LogP contribution in [0.25, 0.3) is 0 Å². The Balaban J connectivity index is 2.73. The van der Waals surface area contributed by atoms with Crippen molar-refractivity contribution in [1.82, 2.24) is 4.90 Å². The number of rotatable bonds is 1. The zero-order valence-corrected chi connectivity index (χ0v) is 7.32. The van der Waals surface area contributed by atoms with Crippen molar-refractivity contribution < 1.29 is 9.00 Å². The lowest BCUT2D eigenvalue weighted by molar-refractivity contribution is -0.126. The molecule has 2 unspecified atom stereocenters. The van der Waals surface area contributed by atoms with E-state index in [-0.39, 0.29) is 16.4 Å². The number of amides is 1. The molecular weight excluding hydrogens is 170 g/mol. The minimum atomic E-state index is -1.09. The number of carbonyl (C=O) groups excluding carboxylic acids is 1. The number of nitrogens with zero attached hydrogens (tertiary/aromatic N) is 1. The Morgan fingerprint density at radius 1 is 1.90 bits per heavy atom. The third-order valence-electron chi connectivity index (χ3n) is 1.43. The number of thiol groups is 1. The lowest BCUT2D eigenvalue weighted by Gasteiger charge is -2.15. The van der Waals surface area contributed by atoms with Crippen LogP contribution in [0.5, 0.6) is 0 Å². The smallest absolute Gasteiger partial charge is 0.236 e. The van der Waals surface area contributed by atoms with Crippen LogP contribution >= 0.6 is 12.6 Å². The maximum absolute atomic E-state index is 10.9. The van der Waals surface area contributed by atoms with Gasteiger partial charge in [0.25, 0.3) is 0 Å². The average Bonchev–Trinajstić information content (AvgIpc) is 2.09. The minimum Gasteiger partial charge on any atom is -0.319 e. The molecule has 58 valence electrons. The molecule has 0 saturated carbocycles. The van der Waals surface area contributed by atoms with Crippen LogP contribution < -0.4 is 0 Å². The summed E-state index contributed by atoms with van der Waals surface area (Å²) in [6.07, 6.45) is 0. The summed E-state index contributed by atoms with van der Waals surface area (Å²) in [5, 5.41) is 0. The molecule has 1 amide bonds. The van der Waals surface area contributed by atoms with E-state index in [4.69, 9.17) is 0 Å². The van der Waals surface area contributed by atoms with E-state index in [9.17, 15) is 9.00 Å². The Bertz CT molecular complexity index is 182. The van der Waals surface area contributed by atoms with Gasteiger partial charge < -0.3 is 4.90 Å². The van der Waals surface area contributed by atoms with Gasteiger partial charge in [-0.15, -0.1) is 12.6 Å². The standard InChI is InChI=1S/C5H9NO2S2/c1-2-6-4(7)3-10(8)5(6)9/h5,9H,2-3H2,1H3. The van der Waals surface area contributed by atoms with Crippen LogP contribution in [0.3, 0.4) is 0 Å². The van der Waals surface area contributed by atoms with E-state index in [1.807, 2.05) is 6.92 Å². The summed E-state index contributed by atoms with van der Waals surface area (Å²) in [6, 6.07) is 0. The predicted molar refractivity (Wildman–Crippen MR) is 43.2 cm³/mol. The highest BCUT2D eigenvalue weighted by Crippen LogP contribution is 2.16. The third-order valence-corrected chi connectivity index (χ3v) is 3.67. The molecular formula is C5H9NO2S2. The van der Waals surface area contributed by atoms with Gasteiger partial charge in [-0.3, -0.25) is 9.00 Å². The Hall–Kier alpha value is -0.0300. The molecule has 10 heavy (non-hydrogen) atoms. The number of carbonyl (C=O) groups is 1. The first-order valence-corrected chi connectivity index (χ1v) is 4.91. The van der Waals surface area contributed by atoms with Gasteiger partial charge in [-0.25, -0.2) is 0 Å². The van der Waals surface area contributed by atoms with Crippen LogP contribution in [0.4, 0.5) is 0 Å². The topological polar surface area (TPSA) is 37.4 Å². The fraction of sp³-hybridized carbons (Fsp3) is 0.800. The molecule has 5 heteroatoms. The van der Waals surface area contributed by atoms with Crippen LogP contribution in [0.1, 0.15) is 6.92 Å². The average molecular weight is 179 g/mol. The first-order valence-electron chi connectivity index (χ1n) is 3.01. The van der Waals surface area contributed by atoms with Crippen LogP contribution in [0, 0.1) is 0 Å². The lowest BCUT2D eigenvalue weighted by Crippen LogP contribution is -2.30. The van der Waals surface area contributed by atoms with Crippen LogP contribution in [-0.4, -0.2) is 32.0 Å². The summed E-state index contributed by atoms with van der Waals surface area (Å²) in [7, 11) is -1.09. The minimum absolute atomic E-state index is 0.0548. The summed E-state index contributed by atoms with van der Waals surface area (Å²) >= 11 is 4.03. The molecule has 0 radical (unpaired) electrons. The van der Waals surface area contributed by atoms with Crippen molar-refractivity contribution in [3.8, 4) is 0 Å². The largest absolute Gasteiger partial charge is 0.319 e. The summed E-state index contributed by atoms with van der Waals surface area (Å²) < 4.78 is 10.5. The van der Waals surface area contributed by atoms with Gasteiger partial charge in [-0.2, -0.15) is 0 Å². The fourth-order valence-electron chi connectivity index (χ4n) is 0.877. The van der Waals surface area contributed by atoms with Crippen molar-refractivity contribution in [3.05, 3.63) is 0 Å². The Kier molecular flexibility index (Phi) is 2.36. The molecule has 1 rings (SSSR count). The van der Waals surface area contributed by atoms with E-state index < -0.39 is 10.8 Å². The van der Waals surface area contributed by atoms with Gasteiger partial charge in [0.2, 0.25) is 5.91 Å². The molecule has 0 aliphatic carbocycles. The van der Waals surface area contributed by atoms with Gasteiger partial charge in [-0.05, 0) is 6.92 Å². The lowest BCUT2D eigenvalue weighted by atomic mass is 10.6. The maximum Gasteiger partial charge on any atom is 0.236 e. The van der Waals surface area contributed by atoms with Gasteiger partial charge in [0.05, 0.1) is 10.8 Å². The van der Waals surface area contributed by atoms with Gasteiger partial charge in [0, 0.05) is 6.54 Å². The zero-order chi connectivity index (χ0) is 7.72. The van der Waals surface area contributed by atoms with Crippen molar-refractivity contribution in [2.24, 2.45) is 0 Å². The molecule has 0 aromatic heterocycles. The molecule has 0 aromatic rings. The van der Waals surface area contributed by atoms with Gasteiger partial charge in [0.15, 0.2) is 4.71 Å². The molecule has 1 fully saturated rings. The fourth-order valence-corrected chi connectivity index (χ4v) is 2.50. The second kappa shape index (κ2) is 2.92. The van der Waals surface area contributed by atoms with Crippen molar-refractivity contribution in [3.63, 3.8) is 0 Å². The van der Waals surface area contributed by atoms with Gasteiger partial charge in [0.1, 0.15) is 5.75 Å². The second-order valence-electron chi connectivity index (χ2n) is 2.03. The van der Waals surface area contributed by atoms with Crippen molar-refractivity contribution in [2.45, 2.75) is 11.6 Å². The van der Waals surface area contributed by atoms with Gasteiger partial charge in [-0.1, -0.05) is 0 Å². The van der Waals surface area contributed by atoms with E-state index >= 15 is 0 Å². The van der Waals surface area contributed by atoms with Crippen molar-refractivity contribution >= 4 is 29.3 Å². The molecule has 1 heterocycles. The Morgan fingerprint density at radius 3 is 2.70 bits per heavy atom. The first kappa shape index (κ1) is 8.07. The molecule has 2 atom stereocenters. The molecule has 1 aliphatic heterocycles. The maximum atomic E-state index is 10.9. The first-order chi connectivity index (χ1) is 4.66. The van der Waals surface area contributed by atoms with Gasteiger partial charge >= 0.3 is 0 Å². The Labute approximate surface area is 67.6 Å². The molecule has 0 bridgehead atoms. The number of hydrogen-bond acceptors (Lipinski definition) is 3. The van der Waals surface area contributed by atoms with E-state index in [0.29, 0.717) is 6.54 Å². The van der Waals surface area contributed by atoms with Crippen LogP contribution in [-0.2, 0) is 15.6 Å². The summed E-state index contributed by atoms with van der Waals surface area (Å²) in [5.41, 5.74) is 0. The predicted octanol–water partition coefficient (Wildman–Crippen LogP) is -0.189. The molecule has 3 nitrogen and oxygen atoms in total. The van der Waals surface area contributed by atoms with E-state index in [0.717, 1.165) is 0 Å². The monoisotopic (exact) mass is 179 g/mol. The molecule has 0 aromatic carbocycles. The normalized spacial score (nSPS) is 33.4. The zero-order valence-electron chi connectivity index (χ0n) is 5.61. The summed E-state index contributed by atoms with van der Waals surface area (Å²) in [4.78, 5) is 12.4. The van der Waals surface area contributed by atoms with E-state index in [2.05, 4.69) is 12.6 Å². The molecule has 1 aliphatic rings. The molecule has 0 spiro atoms. The van der Waals surface area contributed by atoms with Crippen LogP contribution in [0.15, 0.2) is 0 Å². The SMILES string of the molecule is CCN1C(=O)CS(=O)C1S. The van der Waals surface area contributed by atoms with Crippen LogP contribution in [0.2, 0.25) is 0 Å². The van der Waals surface area contributed by atoms with Crippen molar-refractivity contribution in [2.75, 3.05) is 12.3 Å². The Morgan fingerprint density at radius 2 is 2.50 bits per heavy atom. The summed E-state index contributed by atoms with van der Waals surface area (Å²) in [6.45, 7) is 2.45. The molecule has 0 N–H and O–H groups in total. The summed E-state index contributed by atoms with van der Waals surface area (Å²) in [5.74, 6) is 0.0861. The van der Waals surface area contributed by atoms with E-state index in [1.54, 1.807) is 0 Å². The molecule has 1 saturated heterocycles. The highest BCUT2D eigenvalue weighted by atomic mass is 32.2. The highest BCUT2D eigenvalue weighted by molar-refractivity contribution is 8.01. The third kappa shape index (κ3) is 1.20. The van der Waals surface area contributed by atoms with Crippen molar-refractivity contribution in [1.29, 1.82) is 0 Å². The quantitative estimate of drug-likeness (QED) is 0.567. The second-order valence-corrected chi connectivity index (χ2v) is 4.37. The van der Waals surface area contributed by atoms with E-state index in [1.165, 1.54) is 4.90 Å².